The van der Waals surface area contributed by atoms with E-state index in [4.69, 9.17) is 10.5 Å². The minimum Gasteiger partial charge on any atom is -0.397 e. The molecule has 0 radical (unpaired) electrons. The first kappa shape index (κ1) is 14.7. The van der Waals surface area contributed by atoms with Crippen LogP contribution in [0.5, 0.6) is 0 Å². The van der Waals surface area contributed by atoms with Gasteiger partial charge in [0.05, 0.1) is 17.5 Å². The van der Waals surface area contributed by atoms with Gasteiger partial charge in [0.2, 0.25) is 0 Å². The summed E-state index contributed by atoms with van der Waals surface area (Å²) >= 11 is 0. The molecule has 1 amide bonds. The van der Waals surface area contributed by atoms with Gasteiger partial charge in [0.25, 0.3) is 5.91 Å². The number of rotatable bonds is 4. The van der Waals surface area contributed by atoms with Gasteiger partial charge in [-0.3, -0.25) is 4.79 Å². The van der Waals surface area contributed by atoms with E-state index in [1.165, 1.54) is 0 Å². The maximum atomic E-state index is 11.9. The number of methoxy groups -OCH3 is 1. The quantitative estimate of drug-likeness (QED) is 0.825. The lowest BCUT2D eigenvalue weighted by molar-refractivity contribution is 0.0827. The predicted octanol–water partition coefficient (Wildman–Crippen LogP) is 1.95. The first-order chi connectivity index (χ1) is 9.51. The molecule has 1 fully saturated rings. The van der Waals surface area contributed by atoms with E-state index in [2.05, 4.69) is 5.32 Å². The molecule has 5 nitrogen and oxygen atoms in total. The van der Waals surface area contributed by atoms with Crippen LogP contribution in [0.25, 0.3) is 0 Å². The molecule has 0 heterocycles. The number of nitrogens with one attached hydrogen (secondary N) is 1. The van der Waals surface area contributed by atoms with Crippen molar-refractivity contribution in [2.24, 2.45) is 0 Å². The first-order valence-corrected chi connectivity index (χ1v) is 6.91. The Hall–Kier alpha value is -1.75. The highest BCUT2D eigenvalue weighted by molar-refractivity contribution is 5.95. The number of benzene rings is 1. The van der Waals surface area contributed by atoms with Gasteiger partial charge in [-0.1, -0.05) is 0 Å². The number of amides is 1. The van der Waals surface area contributed by atoms with E-state index in [9.17, 15) is 4.79 Å². The van der Waals surface area contributed by atoms with E-state index in [-0.39, 0.29) is 5.91 Å². The van der Waals surface area contributed by atoms with Crippen molar-refractivity contribution in [3.05, 3.63) is 23.8 Å². The SMILES string of the molecule is COC1CCC(Nc2ccc(C(=O)N(C)C)cc2N)C1. The molecule has 0 aromatic heterocycles. The van der Waals surface area contributed by atoms with Crippen molar-refractivity contribution in [2.45, 2.75) is 31.4 Å². The average molecular weight is 277 g/mol. The van der Waals surface area contributed by atoms with Gasteiger partial charge in [0.1, 0.15) is 0 Å². The largest absolute Gasteiger partial charge is 0.397 e. The summed E-state index contributed by atoms with van der Waals surface area (Å²) in [6.07, 6.45) is 3.49. The van der Waals surface area contributed by atoms with Gasteiger partial charge < -0.3 is 20.7 Å². The molecule has 0 aliphatic heterocycles. The summed E-state index contributed by atoms with van der Waals surface area (Å²) in [7, 11) is 5.21. The second-order valence-corrected chi connectivity index (χ2v) is 5.51. The van der Waals surface area contributed by atoms with E-state index in [0.29, 0.717) is 23.4 Å². The van der Waals surface area contributed by atoms with Crippen LogP contribution in [0.3, 0.4) is 0 Å². The van der Waals surface area contributed by atoms with Crippen LogP contribution in [0, 0.1) is 0 Å². The first-order valence-electron chi connectivity index (χ1n) is 6.91. The van der Waals surface area contributed by atoms with Crippen LogP contribution in [-0.4, -0.2) is 44.2 Å². The topological polar surface area (TPSA) is 67.6 Å². The van der Waals surface area contributed by atoms with Gasteiger partial charge in [0.15, 0.2) is 0 Å². The Balaban J connectivity index is 2.05. The third-order valence-corrected chi connectivity index (χ3v) is 3.78. The highest BCUT2D eigenvalue weighted by Gasteiger charge is 2.24. The minimum absolute atomic E-state index is 0.0384. The molecule has 1 aromatic rings. The molecule has 0 bridgehead atoms. The Kier molecular flexibility index (Phi) is 4.49. The van der Waals surface area contributed by atoms with E-state index < -0.39 is 0 Å². The van der Waals surface area contributed by atoms with Gasteiger partial charge in [-0.25, -0.2) is 0 Å². The van der Waals surface area contributed by atoms with Crippen LogP contribution in [0.1, 0.15) is 29.6 Å². The molecular weight excluding hydrogens is 254 g/mol. The average Bonchev–Trinajstić information content (AvgIpc) is 2.88. The number of hydrogen-bond acceptors (Lipinski definition) is 4. The lowest BCUT2D eigenvalue weighted by atomic mass is 10.1. The van der Waals surface area contributed by atoms with E-state index in [1.54, 1.807) is 32.2 Å². The van der Waals surface area contributed by atoms with Crippen molar-refractivity contribution in [1.29, 1.82) is 0 Å². The number of nitrogens with two attached hydrogens (primary N) is 1. The number of carbonyl (C=O) groups excluding carboxylic acids is 1. The van der Waals surface area contributed by atoms with Crippen molar-refractivity contribution in [3.63, 3.8) is 0 Å². The van der Waals surface area contributed by atoms with Gasteiger partial charge in [-0.2, -0.15) is 0 Å². The summed E-state index contributed by atoms with van der Waals surface area (Å²) in [6.45, 7) is 0. The molecule has 2 atom stereocenters. The van der Waals surface area contributed by atoms with Crippen LogP contribution >= 0.6 is 0 Å². The lowest BCUT2D eigenvalue weighted by Gasteiger charge is -2.17. The summed E-state index contributed by atoms with van der Waals surface area (Å²) < 4.78 is 5.36. The molecule has 1 aromatic carbocycles. The predicted molar refractivity (Wildman–Crippen MR) is 80.9 cm³/mol. The van der Waals surface area contributed by atoms with Crippen LogP contribution < -0.4 is 11.1 Å². The molecule has 1 saturated carbocycles. The fraction of sp³-hybridized carbons (Fsp3) is 0.533. The zero-order chi connectivity index (χ0) is 14.7. The van der Waals surface area contributed by atoms with Crippen molar-refractivity contribution in [2.75, 3.05) is 32.3 Å². The molecule has 0 spiro atoms. The molecule has 20 heavy (non-hydrogen) atoms. The third kappa shape index (κ3) is 3.22. The molecule has 110 valence electrons. The Bertz CT molecular complexity index is 488. The highest BCUT2D eigenvalue weighted by atomic mass is 16.5. The summed E-state index contributed by atoms with van der Waals surface area (Å²) in [4.78, 5) is 13.4. The Labute approximate surface area is 120 Å². The molecule has 5 heteroatoms. The van der Waals surface area contributed by atoms with Crippen molar-refractivity contribution < 1.29 is 9.53 Å². The van der Waals surface area contributed by atoms with Crippen LogP contribution in [0.4, 0.5) is 11.4 Å². The fourth-order valence-corrected chi connectivity index (χ4v) is 2.59. The molecule has 1 aliphatic carbocycles. The van der Waals surface area contributed by atoms with Gasteiger partial charge in [-0.05, 0) is 37.5 Å². The Morgan fingerprint density at radius 3 is 2.70 bits per heavy atom. The smallest absolute Gasteiger partial charge is 0.253 e. The van der Waals surface area contributed by atoms with Crippen molar-refractivity contribution in [3.8, 4) is 0 Å². The number of nitrogen functional groups attached to an aromatic ring is 1. The third-order valence-electron chi connectivity index (χ3n) is 3.78. The van der Waals surface area contributed by atoms with E-state index in [1.807, 2.05) is 12.1 Å². The highest BCUT2D eigenvalue weighted by Crippen LogP contribution is 2.28. The Morgan fingerprint density at radius 1 is 1.40 bits per heavy atom. The maximum absolute atomic E-state index is 11.9. The molecule has 2 rings (SSSR count). The maximum Gasteiger partial charge on any atom is 0.253 e. The van der Waals surface area contributed by atoms with Crippen LogP contribution in [0.15, 0.2) is 18.2 Å². The fourth-order valence-electron chi connectivity index (χ4n) is 2.59. The molecule has 1 aliphatic rings. The summed E-state index contributed by atoms with van der Waals surface area (Å²) in [6, 6.07) is 5.81. The summed E-state index contributed by atoms with van der Waals surface area (Å²) in [5.41, 5.74) is 8.15. The number of hydrogen-bond donors (Lipinski definition) is 2. The number of nitrogens with zero attached hydrogens (tertiary/aromatic N) is 1. The monoisotopic (exact) mass is 277 g/mol. The number of anilines is 2. The summed E-state index contributed by atoms with van der Waals surface area (Å²) in [5, 5.41) is 3.44. The Morgan fingerprint density at radius 2 is 2.15 bits per heavy atom. The number of ether oxygens (including phenoxy) is 1. The minimum atomic E-state index is -0.0384. The second kappa shape index (κ2) is 6.13. The lowest BCUT2D eigenvalue weighted by Crippen LogP contribution is -2.22. The zero-order valence-corrected chi connectivity index (χ0v) is 12.3. The van der Waals surface area contributed by atoms with Crippen molar-refractivity contribution in [1.82, 2.24) is 4.90 Å². The molecule has 2 unspecified atom stereocenters. The molecule has 0 saturated heterocycles. The van der Waals surface area contributed by atoms with Crippen LogP contribution in [0.2, 0.25) is 0 Å². The van der Waals surface area contributed by atoms with Gasteiger partial charge >= 0.3 is 0 Å². The normalized spacial score (nSPS) is 21.8. The second-order valence-electron chi connectivity index (χ2n) is 5.51. The molecular formula is C15H23N3O2. The van der Waals surface area contributed by atoms with E-state index in [0.717, 1.165) is 24.9 Å². The van der Waals surface area contributed by atoms with E-state index >= 15 is 0 Å². The van der Waals surface area contributed by atoms with Crippen molar-refractivity contribution >= 4 is 17.3 Å². The standard InChI is InChI=1S/C15H23N3O2/c1-18(2)15(19)10-4-7-14(13(16)8-10)17-11-5-6-12(9-11)20-3/h4,7-8,11-12,17H,5-6,9,16H2,1-3H3. The zero-order valence-electron chi connectivity index (χ0n) is 12.3. The van der Waals surface area contributed by atoms with Gasteiger partial charge in [-0.15, -0.1) is 0 Å². The number of carbonyl (C=O) groups is 1. The van der Waals surface area contributed by atoms with Crippen LogP contribution in [-0.2, 0) is 4.74 Å². The summed E-state index contributed by atoms with van der Waals surface area (Å²) in [5.74, 6) is -0.0384. The van der Waals surface area contributed by atoms with Gasteiger partial charge in [0, 0.05) is 32.8 Å². The molecule has 3 N–H and O–H groups in total.